The van der Waals surface area contributed by atoms with E-state index in [0.29, 0.717) is 19.4 Å². The Balaban J connectivity index is 1.30. The summed E-state index contributed by atoms with van der Waals surface area (Å²) in [5.74, 6) is -0.872. The van der Waals surface area contributed by atoms with Gasteiger partial charge in [0.2, 0.25) is 0 Å². The number of hydrogen-bond donors (Lipinski definition) is 1. The van der Waals surface area contributed by atoms with Crippen molar-refractivity contribution in [2.24, 2.45) is 0 Å². The first-order valence-corrected chi connectivity index (χ1v) is 12.0. The Morgan fingerprint density at radius 3 is 2.12 bits per heavy atom. The summed E-state index contributed by atoms with van der Waals surface area (Å²) in [6, 6.07) is 17.3. The summed E-state index contributed by atoms with van der Waals surface area (Å²) in [6.07, 6.45) is 1.14. The molecule has 3 aromatic rings. The molecule has 0 amide bonds. The number of aliphatic hydroxyl groups is 1. The summed E-state index contributed by atoms with van der Waals surface area (Å²) in [5.41, 5.74) is 1.61. The van der Waals surface area contributed by atoms with Crippen molar-refractivity contribution in [1.29, 1.82) is 0 Å². The van der Waals surface area contributed by atoms with Crippen molar-refractivity contribution in [2.75, 3.05) is 31.1 Å². The maximum absolute atomic E-state index is 14.0. The Labute approximate surface area is 195 Å². The molecule has 7 heteroatoms. The first-order valence-electron chi connectivity index (χ1n) is 11.1. The normalized spacial score (nSPS) is 20.5. The average molecular weight is 471 g/mol. The maximum atomic E-state index is 14.0. The van der Waals surface area contributed by atoms with E-state index in [1.165, 1.54) is 30.3 Å². The highest BCUT2D eigenvalue weighted by Crippen LogP contribution is 2.43. The molecule has 5 rings (SSSR count). The first kappa shape index (κ1) is 22.3. The van der Waals surface area contributed by atoms with Crippen LogP contribution in [0, 0.1) is 17.5 Å². The SMILES string of the molecule is OC1(c2ccc(F)cc2)CCN(CC2CN(c3ccc(F)cc3)c3ccc(F)cc3S2)CC1. The molecule has 1 unspecified atom stereocenters. The van der Waals surface area contributed by atoms with Crippen molar-refractivity contribution in [2.45, 2.75) is 28.6 Å². The molecule has 3 nitrogen and oxygen atoms in total. The van der Waals surface area contributed by atoms with Crippen LogP contribution in [-0.4, -0.2) is 41.4 Å². The van der Waals surface area contributed by atoms with Gasteiger partial charge in [-0.1, -0.05) is 12.1 Å². The number of halogens is 3. The summed E-state index contributed by atoms with van der Waals surface area (Å²) < 4.78 is 40.7. The van der Waals surface area contributed by atoms with E-state index in [9.17, 15) is 18.3 Å². The summed E-state index contributed by atoms with van der Waals surface area (Å²) >= 11 is 1.66. The van der Waals surface area contributed by atoms with Gasteiger partial charge in [0.15, 0.2) is 0 Å². The molecule has 1 N–H and O–H groups in total. The first-order chi connectivity index (χ1) is 15.9. The predicted molar refractivity (Wildman–Crippen MR) is 125 cm³/mol. The third kappa shape index (κ3) is 4.76. The third-order valence-electron chi connectivity index (χ3n) is 6.56. The Morgan fingerprint density at radius 2 is 1.45 bits per heavy atom. The van der Waals surface area contributed by atoms with Gasteiger partial charge < -0.3 is 14.9 Å². The molecule has 33 heavy (non-hydrogen) atoms. The largest absolute Gasteiger partial charge is 0.385 e. The minimum Gasteiger partial charge on any atom is -0.385 e. The summed E-state index contributed by atoms with van der Waals surface area (Å²) in [6.45, 7) is 2.94. The van der Waals surface area contributed by atoms with Crippen molar-refractivity contribution in [3.63, 3.8) is 0 Å². The molecule has 0 radical (unpaired) electrons. The quantitative estimate of drug-likeness (QED) is 0.529. The number of fused-ring (bicyclic) bond motifs is 1. The molecule has 1 saturated heterocycles. The zero-order valence-electron chi connectivity index (χ0n) is 18.1. The van der Waals surface area contributed by atoms with Crippen LogP contribution in [0.25, 0.3) is 0 Å². The van der Waals surface area contributed by atoms with Gasteiger partial charge in [0.05, 0.1) is 11.3 Å². The van der Waals surface area contributed by atoms with Gasteiger partial charge in [0, 0.05) is 42.0 Å². The molecule has 0 saturated carbocycles. The molecule has 2 aliphatic heterocycles. The Kier molecular flexibility index (Phi) is 6.12. The van der Waals surface area contributed by atoms with Crippen LogP contribution in [-0.2, 0) is 5.60 Å². The second-order valence-corrected chi connectivity index (χ2v) is 10.1. The molecule has 2 aliphatic rings. The number of rotatable bonds is 4. The lowest BCUT2D eigenvalue weighted by molar-refractivity contribution is -0.0256. The monoisotopic (exact) mass is 470 g/mol. The zero-order valence-corrected chi connectivity index (χ0v) is 18.9. The lowest BCUT2D eigenvalue weighted by Crippen LogP contribution is -2.46. The van der Waals surface area contributed by atoms with Crippen LogP contribution < -0.4 is 4.90 Å². The van der Waals surface area contributed by atoms with Gasteiger partial charge in [-0.05, 0) is 73.0 Å². The molecule has 1 atom stereocenters. The molecule has 0 aliphatic carbocycles. The van der Waals surface area contributed by atoms with E-state index in [4.69, 9.17) is 0 Å². The summed E-state index contributed by atoms with van der Waals surface area (Å²) in [5, 5.41) is 11.3. The fourth-order valence-corrected chi connectivity index (χ4v) is 6.07. The van der Waals surface area contributed by atoms with Gasteiger partial charge >= 0.3 is 0 Å². The van der Waals surface area contributed by atoms with E-state index in [-0.39, 0.29) is 22.7 Å². The molecule has 0 aromatic heterocycles. The van der Waals surface area contributed by atoms with Gasteiger partial charge in [0.25, 0.3) is 0 Å². The topological polar surface area (TPSA) is 26.7 Å². The van der Waals surface area contributed by atoms with Crippen LogP contribution in [0.3, 0.4) is 0 Å². The molecule has 172 valence electrons. The van der Waals surface area contributed by atoms with E-state index in [0.717, 1.165) is 41.5 Å². The average Bonchev–Trinajstić information content (AvgIpc) is 2.81. The molecular weight excluding hydrogens is 445 g/mol. The van der Waals surface area contributed by atoms with Gasteiger partial charge in [-0.3, -0.25) is 0 Å². The van der Waals surface area contributed by atoms with E-state index < -0.39 is 5.60 Å². The van der Waals surface area contributed by atoms with Crippen LogP contribution in [0.1, 0.15) is 18.4 Å². The minimum atomic E-state index is -0.945. The smallest absolute Gasteiger partial charge is 0.124 e. The lowest BCUT2D eigenvalue weighted by atomic mass is 9.84. The zero-order chi connectivity index (χ0) is 23.0. The van der Waals surface area contributed by atoms with Crippen molar-refractivity contribution < 1.29 is 18.3 Å². The van der Waals surface area contributed by atoms with Crippen molar-refractivity contribution in [1.82, 2.24) is 4.90 Å². The van der Waals surface area contributed by atoms with Crippen molar-refractivity contribution >= 4 is 23.1 Å². The van der Waals surface area contributed by atoms with Crippen molar-refractivity contribution in [3.8, 4) is 0 Å². The second-order valence-electron chi connectivity index (χ2n) is 8.78. The second kappa shape index (κ2) is 9.05. The van der Waals surface area contributed by atoms with Gasteiger partial charge in [-0.2, -0.15) is 0 Å². The highest BCUT2D eigenvalue weighted by Gasteiger charge is 2.35. The fraction of sp³-hybridized carbons (Fsp3) is 0.308. The highest BCUT2D eigenvalue weighted by atomic mass is 32.2. The molecular formula is C26H25F3N2OS. The van der Waals surface area contributed by atoms with E-state index >= 15 is 0 Å². The number of piperidine rings is 1. The van der Waals surface area contributed by atoms with Crippen LogP contribution >= 0.6 is 11.8 Å². The van der Waals surface area contributed by atoms with Gasteiger partial charge in [-0.25, -0.2) is 13.2 Å². The summed E-state index contributed by atoms with van der Waals surface area (Å²) in [4.78, 5) is 5.31. The number of thioether (sulfide) groups is 1. The fourth-order valence-electron chi connectivity index (χ4n) is 4.73. The van der Waals surface area contributed by atoms with Gasteiger partial charge in [0.1, 0.15) is 17.5 Å². The lowest BCUT2D eigenvalue weighted by Gasteiger charge is -2.42. The van der Waals surface area contributed by atoms with E-state index in [1.54, 1.807) is 48.2 Å². The van der Waals surface area contributed by atoms with Crippen molar-refractivity contribution in [3.05, 3.63) is 89.7 Å². The van der Waals surface area contributed by atoms with E-state index in [1.807, 2.05) is 0 Å². The Bertz CT molecular complexity index is 1120. The van der Waals surface area contributed by atoms with Gasteiger partial charge in [-0.15, -0.1) is 11.8 Å². The molecule has 1 fully saturated rings. The molecule has 0 spiro atoms. The van der Waals surface area contributed by atoms with Crippen LogP contribution in [0.4, 0.5) is 24.5 Å². The van der Waals surface area contributed by atoms with Crippen LogP contribution in [0.2, 0.25) is 0 Å². The number of anilines is 2. The van der Waals surface area contributed by atoms with E-state index in [2.05, 4.69) is 9.80 Å². The minimum absolute atomic E-state index is 0.182. The third-order valence-corrected chi connectivity index (χ3v) is 7.77. The molecule has 2 heterocycles. The molecule has 0 bridgehead atoms. The van der Waals surface area contributed by atoms with Crippen LogP contribution in [0.5, 0.6) is 0 Å². The number of hydrogen-bond acceptors (Lipinski definition) is 4. The predicted octanol–water partition coefficient (Wildman–Crippen LogP) is 5.70. The number of benzene rings is 3. The molecule has 3 aromatic carbocycles. The number of likely N-dealkylation sites (tertiary alicyclic amines) is 1. The maximum Gasteiger partial charge on any atom is 0.124 e. The highest BCUT2D eigenvalue weighted by molar-refractivity contribution is 8.00. The Hall–Kier alpha value is -2.48. The standard InChI is InChI=1S/C26H25F3N2OS/c27-19-3-1-18(2-4-19)26(32)11-13-30(14-12-26)16-23-17-31(22-8-5-20(28)6-9-22)24-10-7-21(29)15-25(24)33-23/h1-10,15,23,32H,11-14,16-17H2. The number of nitrogens with zero attached hydrogens (tertiary/aromatic N) is 2. The Morgan fingerprint density at radius 1 is 0.848 bits per heavy atom. The summed E-state index contributed by atoms with van der Waals surface area (Å²) in [7, 11) is 0. The van der Waals surface area contributed by atoms with Crippen LogP contribution in [0.15, 0.2) is 71.6 Å².